The molecule has 108 valence electrons. The van der Waals surface area contributed by atoms with Gasteiger partial charge in [0.1, 0.15) is 5.75 Å². The molecule has 0 radical (unpaired) electrons. The fourth-order valence-corrected chi connectivity index (χ4v) is 1.58. The second-order valence-corrected chi connectivity index (χ2v) is 4.30. The van der Waals surface area contributed by atoms with Crippen molar-refractivity contribution >= 4 is 29.1 Å². The number of phenolic OH excluding ortho intramolecular Hbond substituents is 1. The number of nitrogens with one attached hydrogen (secondary N) is 3. The Hall–Kier alpha value is -2.87. The zero-order valence-electron chi connectivity index (χ0n) is 10.6. The quantitative estimate of drug-likeness (QED) is 0.486. The number of hydrazine groups is 1. The van der Waals surface area contributed by atoms with Crippen molar-refractivity contribution in [2.75, 3.05) is 0 Å². The van der Waals surface area contributed by atoms with Crippen LogP contribution in [0.25, 0.3) is 0 Å². The van der Waals surface area contributed by atoms with Gasteiger partial charge in [-0.1, -0.05) is 6.07 Å². The monoisotopic (exact) mass is 305 g/mol. The first-order chi connectivity index (χ1) is 10.1. The molecule has 1 aromatic heterocycles. The zero-order chi connectivity index (χ0) is 15.2. The molecule has 0 atom stereocenters. The van der Waals surface area contributed by atoms with E-state index < -0.39 is 11.8 Å². The molecular formula is C13H11N3O4S. The van der Waals surface area contributed by atoms with E-state index in [4.69, 9.17) is 16.6 Å². The van der Waals surface area contributed by atoms with E-state index in [0.29, 0.717) is 0 Å². The van der Waals surface area contributed by atoms with Gasteiger partial charge in [-0.25, -0.2) is 0 Å². The van der Waals surface area contributed by atoms with Crippen LogP contribution in [0.15, 0.2) is 47.1 Å². The van der Waals surface area contributed by atoms with Gasteiger partial charge in [0.25, 0.3) is 11.8 Å². The summed E-state index contributed by atoms with van der Waals surface area (Å²) in [6, 6.07) is 8.82. The number of benzene rings is 1. The normalized spacial score (nSPS) is 9.71. The Kier molecular flexibility index (Phi) is 4.52. The second kappa shape index (κ2) is 6.53. The predicted molar refractivity (Wildman–Crippen MR) is 77.5 cm³/mol. The van der Waals surface area contributed by atoms with Crippen LogP contribution in [0.2, 0.25) is 0 Å². The van der Waals surface area contributed by atoms with Crippen LogP contribution in [-0.2, 0) is 0 Å². The second-order valence-electron chi connectivity index (χ2n) is 3.89. The van der Waals surface area contributed by atoms with Gasteiger partial charge in [-0.15, -0.1) is 0 Å². The number of carbonyl (C=O) groups excluding carboxylic acids is 2. The Morgan fingerprint density at radius 1 is 1.10 bits per heavy atom. The van der Waals surface area contributed by atoms with E-state index in [1.807, 2.05) is 0 Å². The van der Waals surface area contributed by atoms with Crippen LogP contribution in [0.4, 0.5) is 0 Å². The zero-order valence-corrected chi connectivity index (χ0v) is 11.4. The third-order valence-electron chi connectivity index (χ3n) is 2.37. The maximum atomic E-state index is 11.7. The summed E-state index contributed by atoms with van der Waals surface area (Å²) in [6.45, 7) is 0. The summed E-state index contributed by atoms with van der Waals surface area (Å²) in [5.74, 6) is -0.987. The molecule has 7 nitrogen and oxygen atoms in total. The third kappa shape index (κ3) is 4.05. The highest BCUT2D eigenvalue weighted by Crippen LogP contribution is 2.10. The summed E-state index contributed by atoms with van der Waals surface area (Å²) in [4.78, 5) is 23.3. The van der Waals surface area contributed by atoms with Crippen molar-refractivity contribution in [2.45, 2.75) is 0 Å². The summed E-state index contributed by atoms with van der Waals surface area (Å²) < 4.78 is 4.89. The molecule has 2 rings (SSSR count). The minimum Gasteiger partial charge on any atom is -0.508 e. The van der Waals surface area contributed by atoms with Crippen LogP contribution in [0, 0.1) is 0 Å². The topological polar surface area (TPSA) is 104 Å². The molecule has 0 aliphatic heterocycles. The molecule has 21 heavy (non-hydrogen) atoms. The Labute approximate surface area is 124 Å². The van der Waals surface area contributed by atoms with Gasteiger partial charge in [-0.05, 0) is 42.5 Å². The van der Waals surface area contributed by atoms with Gasteiger partial charge in [0.05, 0.1) is 6.26 Å². The number of thiocarbonyl (C=S) groups is 1. The first-order valence-corrected chi connectivity index (χ1v) is 6.21. The van der Waals surface area contributed by atoms with Crippen molar-refractivity contribution in [1.29, 1.82) is 0 Å². The number of aromatic hydroxyl groups is 1. The van der Waals surface area contributed by atoms with Crippen molar-refractivity contribution in [1.82, 2.24) is 16.2 Å². The number of carbonyl (C=O) groups is 2. The molecule has 8 heteroatoms. The fourth-order valence-electron chi connectivity index (χ4n) is 1.44. The highest BCUT2D eigenvalue weighted by atomic mass is 32.1. The van der Waals surface area contributed by atoms with Crippen molar-refractivity contribution in [3.63, 3.8) is 0 Å². The van der Waals surface area contributed by atoms with E-state index in [1.54, 1.807) is 6.07 Å². The molecule has 0 bridgehead atoms. The van der Waals surface area contributed by atoms with Gasteiger partial charge < -0.3 is 9.52 Å². The van der Waals surface area contributed by atoms with Crippen molar-refractivity contribution in [2.24, 2.45) is 0 Å². The average Bonchev–Trinajstić information content (AvgIpc) is 2.99. The molecule has 0 unspecified atom stereocenters. The summed E-state index contributed by atoms with van der Waals surface area (Å²) in [6.07, 6.45) is 1.36. The number of amides is 2. The minimum atomic E-state index is -0.538. The maximum absolute atomic E-state index is 11.7. The first-order valence-electron chi connectivity index (χ1n) is 5.80. The molecule has 2 aromatic rings. The molecule has 0 saturated heterocycles. The van der Waals surface area contributed by atoms with Gasteiger partial charge in [0.15, 0.2) is 10.9 Å². The fraction of sp³-hybridized carbons (Fsp3) is 0. The van der Waals surface area contributed by atoms with E-state index in [-0.39, 0.29) is 22.2 Å². The Morgan fingerprint density at radius 3 is 2.57 bits per heavy atom. The summed E-state index contributed by atoms with van der Waals surface area (Å²) in [5.41, 5.74) is 4.90. The van der Waals surface area contributed by atoms with Gasteiger partial charge in [-0.2, -0.15) is 0 Å². The summed E-state index contributed by atoms with van der Waals surface area (Å²) in [5, 5.41) is 11.5. The smallest absolute Gasteiger partial charge is 0.293 e. The molecular weight excluding hydrogens is 294 g/mol. The van der Waals surface area contributed by atoms with E-state index in [0.717, 1.165) is 0 Å². The molecule has 2 amide bonds. The van der Waals surface area contributed by atoms with Crippen molar-refractivity contribution < 1.29 is 19.1 Å². The lowest BCUT2D eigenvalue weighted by molar-refractivity contribution is 0.0927. The van der Waals surface area contributed by atoms with Gasteiger partial charge in [0.2, 0.25) is 0 Å². The minimum absolute atomic E-state index is 0.0312. The molecule has 1 heterocycles. The number of furan rings is 1. The van der Waals surface area contributed by atoms with Gasteiger partial charge in [-0.3, -0.25) is 25.8 Å². The molecule has 4 N–H and O–H groups in total. The third-order valence-corrected chi connectivity index (χ3v) is 2.57. The summed E-state index contributed by atoms with van der Waals surface area (Å²) >= 11 is 4.85. The first kappa shape index (κ1) is 14.5. The van der Waals surface area contributed by atoms with Crippen LogP contribution < -0.4 is 16.2 Å². The van der Waals surface area contributed by atoms with Crippen LogP contribution in [0.1, 0.15) is 20.9 Å². The van der Waals surface area contributed by atoms with E-state index in [9.17, 15) is 14.7 Å². The lowest BCUT2D eigenvalue weighted by Crippen LogP contribution is -2.48. The largest absolute Gasteiger partial charge is 0.508 e. The molecule has 0 spiro atoms. The Morgan fingerprint density at radius 2 is 1.90 bits per heavy atom. The molecule has 0 saturated carbocycles. The SMILES string of the molecule is O=C(NNC(=S)NC(=O)c1ccco1)c1cccc(O)c1. The Bertz CT molecular complexity index is 670. The highest BCUT2D eigenvalue weighted by molar-refractivity contribution is 7.80. The predicted octanol–water partition coefficient (Wildman–Crippen LogP) is 0.934. The highest BCUT2D eigenvalue weighted by Gasteiger charge is 2.11. The number of hydrogen-bond donors (Lipinski definition) is 4. The molecule has 1 aromatic carbocycles. The van der Waals surface area contributed by atoms with Gasteiger partial charge >= 0.3 is 0 Å². The number of phenols is 1. The van der Waals surface area contributed by atoms with E-state index in [2.05, 4.69) is 16.2 Å². The molecule has 0 aliphatic carbocycles. The van der Waals surface area contributed by atoms with E-state index in [1.165, 1.54) is 36.6 Å². The maximum Gasteiger partial charge on any atom is 0.293 e. The van der Waals surface area contributed by atoms with Crippen LogP contribution in [0.3, 0.4) is 0 Å². The van der Waals surface area contributed by atoms with Gasteiger partial charge in [0, 0.05) is 5.56 Å². The Balaban J connectivity index is 1.84. The number of hydrogen-bond acceptors (Lipinski definition) is 5. The number of rotatable bonds is 2. The standard InChI is InChI=1S/C13H11N3O4S/c17-9-4-1-3-8(7-9)11(18)15-16-13(21)14-12(19)10-5-2-6-20-10/h1-7,17H,(H,15,18)(H2,14,16,19,21). The van der Waals surface area contributed by atoms with Crippen molar-refractivity contribution in [3.05, 3.63) is 54.0 Å². The van der Waals surface area contributed by atoms with Crippen LogP contribution in [-0.4, -0.2) is 22.0 Å². The molecule has 0 fully saturated rings. The van der Waals surface area contributed by atoms with Crippen molar-refractivity contribution in [3.8, 4) is 5.75 Å². The lowest BCUT2D eigenvalue weighted by atomic mass is 10.2. The molecule has 0 aliphatic rings. The average molecular weight is 305 g/mol. The van der Waals surface area contributed by atoms with Crippen LogP contribution in [0.5, 0.6) is 5.75 Å². The van der Waals surface area contributed by atoms with E-state index >= 15 is 0 Å². The lowest BCUT2D eigenvalue weighted by Gasteiger charge is -2.10. The van der Waals surface area contributed by atoms with Crippen LogP contribution >= 0.6 is 12.2 Å². The summed E-state index contributed by atoms with van der Waals surface area (Å²) in [7, 11) is 0.